The van der Waals surface area contributed by atoms with Crippen LogP contribution in [-0.4, -0.2) is 22.7 Å². The Bertz CT molecular complexity index is 698. The first kappa shape index (κ1) is 17.2. The van der Waals surface area contributed by atoms with E-state index in [1.54, 1.807) is 0 Å². The van der Waals surface area contributed by atoms with Crippen molar-refractivity contribution in [2.24, 2.45) is 0 Å². The summed E-state index contributed by atoms with van der Waals surface area (Å²) in [5, 5.41) is 6.33. The zero-order valence-electron chi connectivity index (χ0n) is 13.0. The fraction of sp³-hybridized carbons (Fsp3) is 0.400. The van der Waals surface area contributed by atoms with Crippen molar-refractivity contribution in [3.63, 3.8) is 0 Å². The lowest BCUT2D eigenvalue weighted by Gasteiger charge is -2.10. The summed E-state index contributed by atoms with van der Waals surface area (Å²) in [5.41, 5.74) is -0.250. The van der Waals surface area contributed by atoms with Crippen LogP contribution in [0.5, 0.6) is 5.75 Å². The SMILES string of the molecule is CC(C)(C)c1nc(CNC(=O)COc2ccc(F)c(Cl)c2)no1. The number of aromatic nitrogens is 2. The third-order valence-corrected chi connectivity index (χ3v) is 3.10. The minimum atomic E-state index is -0.546. The fourth-order valence-electron chi connectivity index (χ4n) is 1.57. The molecule has 0 saturated heterocycles. The van der Waals surface area contributed by atoms with Crippen LogP contribution < -0.4 is 10.1 Å². The van der Waals surface area contributed by atoms with E-state index in [2.05, 4.69) is 15.5 Å². The molecule has 0 unspecified atom stereocenters. The van der Waals surface area contributed by atoms with Gasteiger partial charge in [-0.2, -0.15) is 4.98 Å². The molecule has 0 bridgehead atoms. The average molecular weight is 342 g/mol. The molecule has 8 heteroatoms. The molecule has 0 aliphatic carbocycles. The Balaban J connectivity index is 1.81. The van der Waals surface area contributed by atoms with E-state index in [0.29, 0.717) is 17.5 Å². The molecule has 2 rings (SSSR count). The molecule has 1 aromatic heterocycles. The van der Waals surface area contributed by atoms with Crippen molar-refractivity contribution >= 4 is 17.5 Å². The van der Waals surface area contributed by atoms with E-state index in [1.807, 2.05) is 20.8 Å². The third-order valence-electron chi connectivity index (χ3n) is 2.81. The van der Waals surface area contributed by atoms with E-state index in [4.69, 9.17) is 20.9 Å². The number of rotatable bonds is 5. The normalized spacial score (nSPS) is 11.3. The van der Waals surface area contributed by atoms with Gasteiger partial charge in [-0.15, -0.1) is 0 Å². The molecule has 0 saturated carbocycles. The molecular formula is C15H17ClFN3O3. The van der Waals surface area contributed by atoms with Crippen molar-refractivity contribution < 1.29 is 18.4 Å². The highest BCUT2D eigenvalue weighted by Gasteiger charge is 2.21. The molecule has 1 heterocycles. The zero-order chi connectivity index (χ0) is 17.0. The lowest BCUT2D eigenvalue weighted by Crippen LogP contribution is -2.28. The molecule has 0 fully saturated rings. The highest BCUT2D eigenvalue weighted by molar-refractivity contribution is 6.30. The second-order valence-corrected chi connectivity index (χ2v) is 6.31. The van der Waals surface area contributed by atoms with Gasteiger partial charge in [-0.1, -0.05) is 37.5 Å². The summed E-state index contributed by atoms with van der Waals surface area (Å²) in [6, 6.07) is 3.87. The second-order valence-electron chi connectivity index (χ2n) is 5.91. The first-order valence-corrected chi connectivity index (χ1v) is 7.31. The number of amides is 1. The molecule has 0 aliphatic rings. The molecular weight excluding hydrogens is 325 g/mol. The lowest BCUT2D eigenvalue weighted by molar-refractivity contribution is -0.123. The number of hydrogen-bond acceptors (Lipinski definition) is 5. The van der Waals surface area contributed by atoms with Crippen molar-refractivity contribution in [2.75, 3.05) is 6.61 Å². The number of ether oxygens (including phenoxy) is 1. The number of nitrogens with zero attached hydrogens (tertiary/aromatic N) is 2. The number of hydrogen-bond donors (Lipinski definition) is 1. The standard InChI is InChI=1S/C15H17ClFN3O3/c1-15(2,3)14-19-12(20-23-14)7-18-13(21)8-22-9-4-5-11(17)10(16)6-9/h4-6H,7-8H2,1-3H3,(H,18,21). The summed E-state index contributed by atoms with van der Waals surface area (Å²) in [4.78, 5) is 15.9. The maximum absolute atomic E-state index is 13.0. The Morgan fingerprint density at radius 3 is 2.78 bits per heavy atom. The van der Waals surface area contributed by atoms with E-state index in [-0.39, 0.29) is 29.5 Å². The number of nitrogens with one attached hydrogen (secondary N) is 1. The molecule has 1 N–H and O–H groups in total. The smallest absolute Gasteiger partial charge is 0.258 e. The quantitative estimate of drug-likeness (QED) is 0.904. The number of benzene rings is 1. The average Bonchev–Trinajstić information content (AvgIpc) is 2.95. The molecule has 0 aliphatic heterocycles. The Kier molecular flexibility index (Phi) is 5.20. The van der Waals surface area contributed by atoms with Gasteiger partial charge < -0.3 is 14.6 Å². The summed E-state index contributed by atoms with van der Waals surface area (Å²) in [7, 11) is 0. The minimum Gasteiger partial charge on any atom is -0.484 e. The fourth-order valence-corrected chi connectivity index (χ4v) is 1.75. The van der Waals surface area contributed by atoms with Gasteiger partial charge >= 0.3 is 0 Å². The molecule has 23 heavy (non-hydrogen) atoms. The summed E-state index contributed by atoms with van der Waals surface area (Å²) >= 11 is 5.63. The summed E-state index contributed by atoms with van der Waals surface area (Å²) in [6.45, 7) is 5.75. The van der Waals surface area contributed by atoms with Crippen molar-refractivity contribution in [3.8, 4) is 5.75 Å². The Hall–Kier alpha value is -2.15. The maximum Gasteiger partial charge on any atom is 0.258 e. The van der Waals surface area contributed by atoms with Gasteiger partial charge in [-0.3, -0.25) is 4.79 Å². The Morgan fingerprint density at radius 1 is 1.43 bits per heavy atom. The highest BCUT2D eigenvalue weighted by atomic mass is 35.5. The van der Waals surface area contributed by atoms with Crippen LogP contribution in [0.25, 0.3) is 0 Å². The monoisotopic (exact) mass is 341 g/mol. The summed E-state index contributed by atoms with van der Waals surface area (Å²) < 4.78 is 23.3. The van der Waals surface area contributed by atoms with E-state index in [1.165, 1.54) is 18.2 Å². The van der Waals surface area contributed by atoms with Crippen LogP contribution in [0.1, 0.15) is 32.5 Å². The van der Waals surface area contributed by atoms with Crippen LogP contribution >= 0.6 is 11.6 Å². The molecule has 1 aromatic carbocycles. The van der Waals surface area contributed by atoms with Gasteiger partial charge in [0, 0.05) is 11.5 Å². The predicted octanol–water partition coefficient (Wildman–Crippen LogP) is 2.85. The van der Waals surface area contributed by atoms with Crippen LogP contribution in [0, 0.1) is 5.82 Å². The van der Waals surface area contributed by atoms with Crippen molar-refractivity contribution in [1.29, 1.82) is 0 Å². The number of halogens is 2. The highest BCUT2D eigenvalue weighted by Crippen LogP contribution is 2.21. The van der Waals surface area contributed by atoms with Crippen molar-refractivity contribution in [1.82, 2.24) is 15.5 Å². The van der Waals surface area contributed by atoms with E-state index < -0.39 is 5.82 Å². The van der Waals surface area contributed by atoms with E-state index >= 15 is 0 Å². The summed E-state index contributed by atoms with van der Waals surface area (Å²) in [5.74, 6) is 0.274. The summed E-state index contributed by atoms with van der Waals surface area (Å²) in [6.07, 6.45) is 0. The van der Waals surface area contributed by atoms with Gasteiger partial charge in [0.2, 0.25) is 5.89 Å². The van der Waals surface area contributed by atoms with E-state index in [0.717, 1.165) is 0 Å². The third kappa shape index (κ3) is 4.92. The van der Waals surface area contributed by atoms with E-state index in [9.17, 15) is 9.18 Å². The Labute approximate surface area is 138 Å². The van der Waals surface area contributed by atoms with Crippen molar-refractivity contribution in [3.05, 3.63) is 40.8 Å². The van der Waals surface area contributed by atoms with Crippen LogP contribution in [0.3, 0.4) is 0 Å². The van der Waals surface area contributed by atoms with Gasteiger partial charge in [0.25, 0.3) is 5.91 Å². The van der Waals surface area contributed by atoms with Gasteiger partial charge in [-0.25, -0.2) is 4.39 Å². The molecule has 0 radical (unpaired) electrons. The van der Waals surface area contributed by atoms with Crippen LogP contribution in [0.2, 0.25) is 5.02 Å². The van der Waals surface area contributed by atoms with Gasteiger partial charge in [-0.05, 0) is 12.1 Å². The Morgan fingerprint density at radius 2 is 2.17 bits per heavy atom. The topological polar surface area (TPSA) is 77.2 Å². The molecule has 2 aromatic rings. The number of carbonyl (C=O) groups is 1. The lowest BCUT2D eigenvalue weighted by atomic mass is 9.97. The zero-order valence-corrected chi connectivity index (χ0v) is 13.8. The molecule has 124 valence electrons. The second kappa shape index (κ2) is 6.95. The van der Waals surface area contributed by atoms with Gasteiger partial charge in [0.05, 0.1) is 11.6 Å². The van der Waals surface area contributed by atoms with Crippen molar-refractivity contribution in [2.45, 2.75) is 32.7 Å². The van der Waals surface area contributed by atoms with Crippen LogP contribution in [0.4, 0.5) is 4.39 Å². The van der Waals surface area contributed by atoms with Crippen LogP contribution in [-0.2, 0) is 16.8 Å². The van der Waals surface area contributed by atoms with Crippen LogP contribution in [0.15, 0.2) is 22.7 Å². The molecule has 0 spiro atoms. The predicted molar refractivity (Wildman–Crippen MR) is 81.7 cm³/mol. The first-order valence-electron chi connectivity index (χ1n) is 6.93. The molecule has 0 atom stereocenters. The molecule has 6 nitrogen and oxygen atoms in total. The maximum atomic E-state index is 13.0. The first-order chi connectivity index (χ1) is 10.8. The van der Waals surface area contributed by atoms with Gasteiger partial charge in [0.1, 0.15) is 11.6 Å². The largest absolute Gasteiger partial charge is 0.484 e. The molecule has 1 amide bonds. The number of carbonyl (C=O) groups excluding carboxylic acids is 1. The van der Waals surface area contributed by atoms with Gasteiger partial charge in [0.15, 0.2) is 12.4 Å². The minimum absolute atomic E-state index is 0.0654.